The second kappa shape index (κ2) is 5.27. The third-order valence-corrected chi connectivity index (χ3v) is 2.49. The fraction of sp³-hybridized carbons (Fsp3) is 0.231. The maximum Gasteiger partial charge on any atom is 0.416 e. The van der Waals surface area contributed by atoms with E-state index >= 15 is 0 Å². The summed E-state index contributed by atoms with van der Waals surface area (Å²) in [6.07, 6.45) is -2.70. The predicted octanol–water partition coefficient (Wildman–Crippen LogP) is 3.59. The molecule has 1 aromatic carbocycles. The van der Waals surface area contributed by atoms with Gasteiger partial charge in [0.05, 0.1) is 18.4 Å². The molecule has 1 heterocycles. The Morgan fingerprint density at radius 1 is 1.00 bits per heavy atom. The smallest absolute Gasteiger partial charge is 0.416 e. The van der Waals surface area contributed by atoms with Crippen LogP contribution in [-0.2, 0) is 19.3 Å². The molecule has 0 bridgehead atoms. The highest BCUT2D eigenvalue weighted by Gasteiger charge is 2.29. The van der Waals surface area contributed by atoms with Crippen LogP contribution in [0.3, 0.4) is 0 Å². The van der Waals surface area contributed by atoms with Crippen LogP contribution in [0, 0.1) is 0 Å². The molecule has 0 saturated carbocycles. The molecule has 0 radical (unpaired) electrons. The fourth-order valence-electron chi connectivity index (χ4n) is 1.55. The average molecular weight is 255 g/mol. The van der Waals surface area contributed by atoms with Gasteiger partial charge in [-0.15, -0.1) is 0 Å². The van der Waals surface area contributed by atoms with E-state index in [0.29, 0.717) is 13.1 Å². The number of benzene rings is 1. The molecular weight excluding hydrogens is 243 g/mol. The van der Waals surface area contributed by atoms with E-state index < -0.39 is 11.7 Å². The van der Waals surface area contributed by atoms with E-state index in [0.717, 1.165) is 23.5 Å². The van der Waals surface area contributed by atoms with Crippen molar-refractivity contribution in [1.29, 1.82) is 0 Å². The summed E-state index contributed by atoms with van der Waals surface area (Å²) in [5.74, 6) is 0.793. The minimum atomic E-state index is -4.28. The zero-order valence-corrected chi connectivity index (χ0v) is 9.50. The van der Waals surface area contributed by atoms with Crippen LogP contribution < -0.4 is 5.32 Å². The van der Waals surface area contributed by atoms with Gasteiger partial charge in [0.15, 0.2) is 0 Å². The molecule has 1 aromatic heterocycles. The van der Waals surface area contributed by atoms with Crippen molar-refractivity contribution in [3.05, 3.63) is 59.5 Å². The third kappa shape index (κ3) is 3.37. The van der Waals surface area contributed by atoms with Gasteiger partial charge in [-0.25, -0.2) is 0 Å². The van der Waals surface area contributed by atoms with Crippen molar-refractivity contribution in [3.8, 4) is 0 Å². The van der Waals surface area contributed by atoms with Crippen molar-refractivity contribution in [3.63, 3.8) is 0 Å². The Kier molecular flexibility index (Phi) is 3.72. The Morgan fingerprint density at radius 2 is 1.72 bits per heavy atom. The second-order valence-electron chi connectivity index (χ2n) is 3.88. The van der Waals surface area contributed by atoms with E-state index in [9.17, 15) is 13.2 Å². The summed E-state index contributed by atoms with van der Waals surface area (Å²) in [7, 11) is 0. The van der Waals surface area contributed by atoms with Gasteiger partial charge in [-0.05, 0) is 29.8 Å². The number of hydrogen-bond acceptors (Lipinski definition) is 2. The number of rotatable bonds is 4. The molecule has 96 valence electrons. The van der Waals surface area contributed by atoms with Crippen LogP contribution in [0.4, 0.5) is 13.2 Å². The van der Waals surface area contributed by atoms with Gasteiger partial charge in [0.1, 0.15) is 5.76 Å². The lowest BCUT2D eigenvalue weighted by molar-refractivity contribution is -0.137. The number of hydrogen-bond donors (Lipinski definition) is 1. The average Bonchev–Trinajstić information content (AvgIpc) is 2.82. The van der Waals surface area contributed by atoms with Crippen LogP contribution >= 0.6 is 0 Å². The largest absolute Gasteiger partial charge is 0.468 e. The molecule has 2 aromatic rings. The fourth-order valence-corrected chi connectivity index (χ4v) is 1.55. The zero-order valence-electron chi connectivity index (χ0n) is 9.50. The molecule has 0 atom stereocenters. The summed E-state index contributed by atoms with van der Waals surface area (Å²) in [6.45, 7) is 1.05. The van der Waals surface area contributed by atoms with Gasteiger partial charge in [0, 0.05) is 6.54 Å². The summed E-state index contributed by atoms with van der Waals surface area (Å²) in [4.78, 5) is 0. The first kappa shape index (κ1) is 12.7. The molecule has 1 N–H and O–H groups in total. The molecule has 0 spiro atoms. The quantitative estimate of drug-likeness (QED) is 0.903. The van der Waals surface area contributed by atoms with Gasteiger partial charge in [-0.2, -0.15) is 13.2 Å². The Bertz CT molecular complexity index is 474. The molecule has 2 nitrogen and oxygen atoms in total. The first-order valence-electron chi connectivity index (χ1n) is 5.45. The summed E-state index contributed by atoms with van der Waals surface area (Å²) < 4.78 is 42.1. The van der Waals surface area contributed by atoms with E-state index in [1.165, 1.54) is 12.1 Å². The first-order chi connectivity index (χ1) is 8.55. The van der Waals surface area contributed by atoms with E-state index in [4.69, 9.17) is 4.42 Å². The molecule has 0 saturated heterocycles. The molecule has 2 rings (SSSR count). The van der Waals surface area contributed by atoms with Gasteiger partial charge >= 0.3 is 6.18 Å². The van der Waals surface area contributed by atoms with Crippen LogP contribution in [0.25, 0.3) is 0 Å². The number of alkyl halides is 3. The van der Waals surface area contributed by atoms with Gasteiger partial charge in [-0.3, -0.25) is 0 Å². The minimum absolute atomic E-state index is 0.499. The normalized spacial score (nSPS) is 11.7. The Hall–Kier alpha value is -1.75. The van der Waals surface area contributed by atoms with Crippen molar-refractivity contribution >= 4 is 0 Å². The van der Waals surface area contributed by atoms with E-state index in [-0.39, 0.29) is 0 Å². The summed E-state index contributed by atoms with van der Waals surface area (Å²) >= 11 is 0. The molecule has 0 aliphatic heterocycles. The third-order valence-electron chi connectivity index (χ3n) is 2.49. The van der Waals surface area contributed by atoms with Gasteiger partial charge in [0.2, 0.25) is 0 Å². The highest BCUT2D eigenvalue weighted by molar-refractivity contribution is 5.24. The summed E-state index contributed by atoms with van der Waals surface area (Å²) in [5.41, 5.74) is 0.173. The first-order valence-corrected chi connectivity index (χ1v) is 5.45. The molecule has 0 amide bonds. The van der Waals surface area contributed by atoms with E-state index in [2.05, 4.69) is 5.32 Å². The molecule has 0 fully saturated rings. The SMILES string of the molecule is FC(F)(F)c1ccc(CNCc2ccco2)cc1. The second-order valence-corrected chi connectivity index (χ2v) is 3.88. The van der Waals surface area contributed by atoms with Crippen molar-refractivity contribution in [2.24, 2.45) is 0 Å². The minimum Gasteiger partial charge on any atom is -0.468 e. The van der Waals surface area contributed by atoms with Crippen LogP contribution in [0.5, 0.6) is 0 Å². The van der Waals surface area contributed by atoms with Gasteiger partial charge < -0.3 is 9.73 Å². The standard InChI is InChI=1S/C13H12F3NO/c14-13(15,16)11-5-3-10(4-6-11)8-17-9-12-2-1-7-18-12/h1-7,17H,8-9H2. The van der Waals surface area contributed by atoms with Crippen LogP contribution in [0.2, 0.25) is 0 Å². The summed E-state index contributed by atoms with van der Waals surface area (Å²) in [6, 6.07) is 8.73. The number of nitrogens with one attached hydrogen (secondary N) is 1. The van der Waals surface area contributed by atoms with Crippen molar-refractivity contribution in [2.75, 3.05) is 0 Å². The van der Waals surface area contributed by atoms with Crippen molar-refractivity contribution < 1.29 is 17.6 Å². The lowest BCUT2D eigenvalue weighted by Crippen LogP contribution is -2.12. The summed E-state index contributed by atoms with van der Waals surface area (Å²) in [5, 5.41) is 3.09. The Morgan fingerprint density at radius 3 is 2.28 bits per heavy atom. The highest BCUT2D eigenvalue weighted by atomic mass is 19.4. The Balaban J connectivity index is 1.87. The van der Waals surface area contributed by atoms with E-state index in [1.54, 1.807) is 12.3 Å². The number of halogens is 3. The molecular formula is C13H12F3NO. The van der Waals surface area contributed by atoms with E-state index in [1.807, 2.05) is 6.07 Å². The molecule has 0 unspecified atom stereocenters. The molecule has 0 aliphatic rings. The van der Waals surface area contributed by atoms with Crippen molar-refractivity contribution in [1.82, 2.24) is 5.32 Å². The predicted molar refractivity (Wildman–Crippen MR) is 60.7 cm³/mol. The Labute approximate surface area is 102 Å². The van der Waals surface area contributed by atoms with Crippen LogP contribution in [-0.4, -0.2) is 0 Å². The van der Waals surface area contributed by atoms with Crippen LogP contribution in [0.1, 0.15) is 16.9 Å². The van der Waals surface area contributed by atoms with Crippen molar-refractivity contribution in [2.45, 2.75) is 19.3 Å². The molecule has 5 heteroatoms. The number of furan rings is 1. The van der Waals surface area contributed by atoms with Crippen LogP contribution in [0.15, 0.2) is 47.1 Å². The topological polar surface area (TPSA) is 25.2 Å². The lowest BCUT2D eigenvalue weighted by Gasteiger charge is -2.08. The maximum absolute atomic E-state index is 12.3. The van der Waals surface area contributed by atoms with Gasteiger partial charge in [-0.1, -0.05) is 12.1 Å². The molecule has 18 heavy (non-hydrogen) atoms. The zero-order chi connectivity index (χ0) is 13.0. The maximum atomic E-state index is 12.3. The molecule has 0 aliphatic carbocycles. The van der Waals surface area contributed by atoms with Gasteiger partial charge in [0.25, 0.3) is 0 Å². The monoisotopic (exact) mass is 255 g/mol. The highest BCUT2D eigenvalue weighted by Crippen LogP contribution is 2.28. The lowest BCUT2D eigenvalue weighted by atomic mass is 10.1.